The van der Waals surface area contributed by atoms with Crippen LogP contribution in [0.4, 0.5) is 5.69 Å². The van der Waals surface area contributed by atoms with E-state index in [0.29, 0.717) is 34.2 Å². The third kappa shape index (κ3) is 3.05. The van der Waals surface area contributed by atoms with Gasteiger partial charge in [-0.25, -0.2) is 0 Å². The number of carbonyl (C=O) groups is 1. The molecule has 0 spiro atoms. The van der Waals surface area contributed by atoms with E-state index in [1.165, 1.54) is 35.5 Å². The number of hydrogen-bond acceptors (Lipinski definition) is 7. The molecule has 1 aliphatic heterocycles. The summed E-state index contributed by atoms with van der Waals surface area (Å²) in [5, 5.41) is 10.1. The van der Waals surface area contributed by atoms with Crippen LogP contribution in [-0.2, 0) is 9.53 Å². The van der Waals surface area contributed by atoms with Crippen LogP contribution in [0.3, 0.4) is 0 Å². The molecule has 3 rings (SSSR count). The van der Waals surface area contributed by atoms with E-state index in [0.717, 1.165) is 0 Å². The molecule has 0 unspecified atom stereocenters. The Morgan fingerprint density at radius 3 is 1.93 bits per heavy atom. The molecule has 8 nitrogen and oxygen atoms in total. The number of rotatable bonds is 7. The molecule has 2 aromatic rings. The fourth-order valence-electron chi connectivity index (χ4n) is 3.40. The summed E-state index contributed by atoms with van der Waals surface area (Å²) in [7, 11) is 7.48. The van der Waals surface area contributed by atoms with Crippen molar-refractivity contribution in [3.63, 3.8) is 0 Å². The van der Waals surface area contributed by atoms with Crippen molar-refractivity contribution < 1.29 is 33.6 Å². The molecule has 28 heavy (non-hydrogen) atoms. The number of phenols is 1. The summed E-state index contributed by atoms with van der Waals surface area (Å²) in [4.78, 5) is 14.3. The normalized spacial score (nSPS) is 18.5. The van der Waals surface area contributed by atoms with Gasteiger partial charge in [-0.05, 0) is 17.7 Å². The van der Waals surface area contributed by atoms with E-state index in [1.807, 2.05) is 0 Å². The van der Waals surface area contributed by atoms with Gasteiger partial charge in [0.1, 0.15) is 0 Å². The molecule has 1 fully saturated rings. The first-order valence-electron chi connectivity index (χ1n) is 8.53. The summed E-state index contributed by atoms with van der Waals surface area (Å²) in [6.45, 7) is 0. The molecule has 0 saturated carbocycles. The van der Waals surface area contributed by atoms with Crippen LogP contribution < -0.4 is 23.8 Å². The maximum atomic E-state index is 12.7. The molecular formula is C20H23NO7. The fourth-order valence-corrected chi connectivity index (χ4v) is 3.40. The van der Waals surface area contributed by atoms with E-state index in [4.69, 9.17) is 23.7 Å². The Kier molecular flexibility index (Phi) is 5.51. The van der Waals surface area contributed by atoms with Gasteiger partial charge in [-0.1, -0.05) is 6.07 Å². The first-order chi connectivity index (χ1) is 13.5. The van der Waals surface area contributed by atoms with Crippen LogP contribution in [0.1, 0.15) is 11.6 Å². The molecule has 8 heteroatoms. The number of anilines is 1. The lowest BCUT2D eigenvalue weighted by Crippen LogP contribution is -2.60. The van der Waals surface area contributed by atoms with Gasteiger partial charge in [0.15, 0.2) is 29.1 Å². The van der Waals surface area contributed by atoms with Crippen LogP contribution in [-0.4, -0.2) is 52.7 Å². The molecule has 1 N–H and O–H groups in total. The van der Waals surface area contributed by atoms with Crippen molar-refractivity contribution in [2.75, 3.05) is 40.4 Å². The second-order valence-electron chi connectivity index (χ2n) is 6.12. The van der Waals surface area contributed by atoms with Crippen molar-refractivity contribution in [3.05, 3.63) is 35.9 Å². The maximum absolute atomic E-state index is 12.7. The number of phenolic OH excluding ortho intramolecular Hbond substituents is 1. The van der Waals surface area contributed by atoms with Crippen LogP contribution in [0.15, 0.2) is 30.3 Å². The second kappa shape index (κ2) is 7.85. The average Bonchev–Trinajstić information content (AvgIpc) is 2.71. The number of nitrogens with zero attached hydrogens (tertiary/aromatic N) is 1. The lowest BCUT2D eigenvalue weighted by Gasteiger charge is -2.46. The average molecular weight is 389 g/mol. The van der Waals surface area contributed by atoms with Gasteiger partial charge in [-0.15, -0.1) is 0 Å². The van der Waals surface area contributed by atoms with Crippen LogP contribution in [0, 0.1) is 0 Å². The van der Waals surface area contributed by atoms with Crippen molar-refractivity contribution >= 4 is 11.6 Å². The number of amides is 1. The summed E-state index contributed by atoms with van der Waals surface area (Å²) in [6, 6.07) is 7.95. The first-order valence-corrected chi connectivity index (χ1v) is 8.53. The highest BCUT2D eigenvalue weighted by molar-refractivity contribution is 6.05. The van der Waals surface area contributed by atoms with Gasteiger partial charge < -0.3 is 28.8 Å². The molecule has 1 aliphatic rings. The zero-order valence-electron chi connectivity index (χ0n) is 16.4. The van der Waals surface area contributed by atoms with Gasteiger partial charge in [0.2, 0.25) is 5.75 Å². The number of benzene rings is 2. The Morgan fingerprint density at radius 1 is 0.857 bits per heavy atom. The Balaban J connectivity index is 2.07. The monoisotopic (exact) mass is 389 g/mol. The van der Waals surface area contributed by atoms with E-state index in [-0.39, 0.29) is 11.7 Å². The van der Waals surface area contributed by atoms with Gasteiger partial charge in [0.25, 0.3) is 5.91 Å². The van der Waals surface area contributed by atoms with Crippen molar-refractivity contribution in [1.29, 1.82) is 0 Å². The van der Waals surface area contributed by atoms with Crippen molar-refractivity contribution in [2.45, 2.75) is 12.1 Å². The van der Waals surface area contributed by atoms with Crippen LogP contribution in [0.25, 0.3) is 0 Å². The summed E-state index contributed by atoms with van der Waals surface area (Å²) < 4.78 is 26.6. The van der Waals surface area contributed by atoms with Gasteiger partial charge >= 0.3 is 0 Å². The van der Waals surface area contributed by atoms with Gasteiger partial charge in [0, 0.05) is 19.2 Å². The van der Waals surface area contributed by atoms with Gasteiger partial charge in [-0.3, -0.25) is 9.69 Å². The van der Waals surface area contributed by atoms with Crippen LogP contribution in [0.2, 0.25) is 0 Å². The molecule has 0 radical (unpaired) electrons. The number of β-lactam (4-membered cyclic amide) rings is 1. The topological polar surface area (TPSA) is 86.7 Å². The smallest absolute Gasteiger partial charge is 0.259 e. The zero-order chi connectivity index (χ0) is 20.4. The summed E-state index contributed by atoms with van der Waals surface area (Å²) in [5.74, 6) is 1.42. The molecule has 0 bridgehead atoms. The zero-order valence-corrected chi connectivity index (χ0v) is 16.4. The highest BCUT2D eigenvalue weighted by Gasteiger charge is 2.50. The highest BCUT2D eigenvalue weighted by atomic mass is 16.5. The Labute approximate surface area is 163 Å². The van der Waals surface area contributed by atoms with Gasteiger partial charge in [-0.2, -0.15) is 0 Å². The standard InChI is InChI=1S/C20H23NO7/c1-24-14-7-6-11(8-13(14)22)17-19(28-5)20(23)21(17)12-9-15(25-2)18(27-4)16(10-12)26-3/h6-10,17,19,22H,1-5H3/t17-,19+/m0/s1. The third-order valence-corrected chi connectivity index (χ3v) is 4.77. The molecule has 150 valence electrons. The van der Waals surface area contributed by atoms with Crippen molar-refractivity contribution in [3.8, 4) is 28.7 Å². The van der Waals surface area contributed by atoms with E-state index in [2.05, 4.69) is 0 Å². The number of ether oxygens (including phenoxy) is 5. The lowest BCUT2D eigenvalue weighted by molar-refractivity contribution is -0.139. The third-order valence-electron chi connectivity index (χ3n) is 4.77. The van der Waals surface area contributed by atoms with E-state index in [9.17, 15) is 9.90 Å². The molecule has 0 aliphatic carbocycles. The minimum absolute atomic E-state index is 0.0148. The molecule has 1 amide bonds. The minimum atomic E-state index is -0.674. The predicted octanol–water partition coefficient (Wildman–Crippen LogP) is 2.53. The molecule has 0 aromatic heterocycles. The number of methoxy groups -OCH3 is 5. The number of aromatic hydroxyl groups is 1. The van der Waals surface area contributed by atoms with E-state index in [1.54, 1.807) is 35.2 Å². The van der Waals surface area contributed by atoms with Crippen molar-refractivity contribution in [1.82, 2.24) is 0 Å². The molecule has 2 aromatic carbocycles. The lowest BCUT2D eigenvalue weighted by atomic mass is 9.89. The SMILES string of the molecule is COc1ccc([C@H]2[C@@H](OC)C(=O)N2c2cc(OC)c(OC)c(OC)c2)cc1O. The minimum Gasteiger partial charge on any atom is -0.504 e. The summed E-state index contributed by atoms with van der Waals surface area (Å²) >= 11 is 0. The summed E-state index contributed by atoms with van der Waals surface area (Å²) in [5.41, 5.74) is 1.27. The van der Waals surface area contributed by atoms with Crippen LogP contribution in [0.5, 0.6) is 28.7 Å². The largest absolute Gasteiger partial charge is 0.504 e. The molecule has 1 saturated heterocycles. The van der Waals surface area contributed by atoms with Gasteiger partial charge in [0.05, 0.1) is 40.2 Å². The number of hydrogen-bond donors (Lipinski definition) is 1. The Morgan fingerprint density at radius 2 is 1.46 bits per heavy atom. The Bertz CT molecular complexity index is 858. The molecule has 1 heterocycles. The summed E-state index contributed by atoms with van der Waals surface area (Å²) in [6.07, 6.45) is -0.674. The van der Waals surface area contributed by atoms with Crippen LogP contribution >= 0.6 is 0 Å². The first kappa shape index (κ1) is 19.6. The van der Waals surface area contributed by atoms with E-state index >= 15 is 0 Å². The highest BCUT2D eigenvalue weighted by Crippen LogP contribution is 2.47. The maximum Gasteiger partial charge on any atom is 0.259 e. The number of carbonyl (C=O) groups excluding carboxylic acids is 1. The van der Waals surface area contributed by atoms with Crippen molar-refractivity contribution in [2.24, 2.45) is 0 Å². The predicted molar refractivity (Wildman–Crippen MR) is 102 cm³/mol. The fraction of sp³-hybridized carbons (Fsp3) is 0.350. The quantitative estimate of drug-likeness (QED) is 0.728. The van der Waals surface area contributed by atoms with E-state index < -0.39 is 12.1 Å². The molecule has 2 atom stereocenters. The second-order valence-corrected chi connectivity index (χ2v) is 6.12. The Hall–Kier alpha value is -3.13. The molecular weight excluding hydrogens is 366 g/mol.